The predicted octanol–water partition coefficient (Wildman–Crippen LogP) is 1.16. The highest BCUT2D eigenvalue weighted by atomic mass is 16.5. The number of carbonyl (C=O) groups is 1. The summed E-state index contributed by atoms with van der Waals surface area (Å²) in [7, 11) is 3.21. The third-order valence-corrected chi connectivity index (χ3v) is 5.41. The van der Waals surface area contributed by atoms with Crippen LogP contribution < -0.4 is 9.64 Å². The van der Waals surface area contributed by atoms with Crippen LogP contribution in [0, 0.1) is 5.41 Å². The first-order valence-electron chi connectivity index (χ1n) is 7.59. The van der Waals surface area contributed by atoms with Crippen molar-refractivity contribution in [3.05, 3.63) is 17.7 Å². The topological polar surface area (TPSA) is 73.2 Å². The monoisotopic (exact) mass is 304 g/mol. The first-order chi connectivity index (χ1) is 10.5. The van der Waals surface area contributed by atoms with Gasteiger partial charge in [0.15, 0.2) is 11.5 Å². The van der Waals surface area contributed by atoms with Gasteiger partial charge in [0.05, 0.1) is 24.4 Å². The number of hydrogen-bond acceptors (Lipinski definition) is 5. The van der Waals surface area contributed by atoms with Gasteiger partial charge in [0, 0.05) is 19.7 Å². The van der Waals surface area contributed by atoms with Gasteiger partial charge in [-0.2, -0.15) is 0 Å². The maximum Gasteiger partial charge on any atom is 0.256 e. The maximum absolute atomic E-state index is 13.0. The average Bonchev–Trinajstić information content (AvgIpc) is 3.16. The SMILES string of the molecule is COc1cc2c(cc1O)N(C)[C@@H](O)[C@@H]1CC3(CC3)CN1C2=O. The number of benzene rings is 1. The molecule has 1 amide bonds. The maximum atomic E-state index is 13.0. The van der Waals surface area contributed by atoms with Crippen molar-refractivity contribution in [2.24, 2.45) is 5.41 Å². The van der Waals surface area contributed by atoms with Crippen molar-refractivity contribution in [2.75, 3.05) is 25.6 Å². The number of likely N-dealkylation sites (N-methyl/N-ethyl adjacent to an activating group) is 1. The highest BCUT2D eigenvalue weighted by molar-refractivity contribution is 6.02. The largest absolute Gasteiger partial charge is 0.504 e. The minimum absolute atomic E-state index is 0.0335. The molecule has 0 radical (unpaired) electrons. The fraction of sp³-hybridized carbons (Fsp3) is 0.562. The van der Waals surface area contributed by atoms with Crippen LogP contribution >= 0.6 is 0 Å². The lowest BCUT2D eigenvalue weighted by Gasteiger charge is -2.30. The number of aliphatic hydroxyl groups excluding tert-OH is 1. The van der Waals surface area contributed by atoms with E-state index in [1.54, 1.807) is 22.9 Å². The molecule has 1 aliphatic carbocycles. The smallest absolute Gasteiger partial charge is 0.256 e. The summed E-state index contributed by atoms with van der Waals surface area (Å²) < 4.78 is 5.13. The molecule has 6 nitrogen and oxygen atoms in total. The normalized spacial score (nSPS) is 28.4. The van der Waals surface area contributed by atoms with Gasteiger partial charge in [-0.15, -0.1) is 0 Å². The summed E-state index contributed by atoms with van der Waals surface area (Å²) in [6, 6.07) is 2.86. The summed E-state index contributed by atoms with van der Waals surface area (Å²) in [4.78, 5) is 16.4. The van der Waals surface area contributed by atoms with E-state index in [1.165, 1.54) is 13.2 Å². The molecule has 1 aromatic rings. The number of rotatable bonds is 1. The van der Waals surface area contributed by atoms with E-state index in [2.05, 4.69) is 0 Å². The number of phenols is 1. The van der Waals surface area contributed by atoms with E-state index in [9.17, 15) is 15.0 Å². The lowest BCUT2D eigenvalue weighted by Crippen LogP contribution is -2.47. The van der Waals surface area contributed by atoms with E-state index in [1.807, 2.05) is 0 Å². The summed E-state index contributed by atoms with van der Waals surface area (Å²) in [5, 5.41) is 20.7. The summed E-state index contributed by atoms with van der Waals surface area (Å²) in [5.41, 5.74) is 1.23. The fourth-order valence-electron chi connectivity index (χ4n) is 3.86. The number of nitrogens with zero attached hydrogens (tertiary/aromatic N) is 2. The first-order valence-corrected chi connectivity index (χ1v) is 7.59. The molecule has 1 saturated heterocycles. The molecule has 1 aromatic carbocycles. The lowest BCUT2D eigenvalue weighted by molar-refractivity contribution is 0.0526. The van der Waals surface area contributed by atoms with Gasteiger partial charge in [-0.25, -0.2) is 0 Å². The van der Waals surface area contributed by atoms with Crippen molar-refractivity contribution in [3.63, 3.8) is 0 Å². The predicted molar refractivity (Wildman–Crippen MR) is 80.2 cm³/mol. The van der Waals surface area contributed by atoms with Gasteiger partial charge in [-0.3, -0.25) is 4.79 Å². The molecule has 0 unspecified atom stereocenters. The molecule has 22 heavy (non-hydrogen) atoms. The number of carbonyl (C=O) groups excluding carboxylic acids is 1. The lowest BCUT2D eigenvalue weighted by atomic mass is 10.0. The second-order valence-corrected chi connectivity index (χ2v) is 6.77. The van der Waals surface area contributed by atoms with Gasteiger partial charge < -0.3 is 24.7 Å². The summed E-state index contributed by atoms with van der Waals surface area (Å²) in [6.45, 7) is 0.712. The molecule has 2 atom stereocenters. The number of anilines is 1. The van der Waals surface area contributed by atoms with Gasteiger partial charge in [0.25, 0.3) is 5.91 Å². The standard InChI is InChI=1S/C16H20N2O4/c1-17-10-6-12(19)13(22-2)5-9(10)14(20)18-8-16(3-4-16)7-11(18)15(17)21/h5-6,11,15,19,21H,3-4,7-8H2,1-2H3/t11-,15-/m0/s1. The van der Waals surface area contributed by atoms with E-state index in [0.29, 0.717) is 17.8 Å². The minimum atomic E-state index is -0.766. The van der Waals surface area contributed by atoms with Crippen molar-refractivity contribution in [2.45, 2.75) is 31.5 Å². The Hall–Kier alpha value is -1.95. The third kappa shape index (κ3) is 1.73. The quantitative estimate of drug-likeness (QED) is 0.814. The van der Waals surface area contributed by atoms with Gasteiger partial charge in [0.2, 0.25) is 0 Å². The van der Waals surface area contributed by atoms with Crippen LogP contribution in [0.1, 0.15) is 29.6 Å². The number of amides is 1. The van der Waals surface area contributed by atoms with Crippen LogP contribution in [0.4, 0.5) is 5.69 Å². The van der Waals surface area contributed by atoms with Gasteiger partial charge >= 0.3 is 0 Å². The number of methoxy groups -OCH3 is 1. The minimum Gasteiger partial charge on any atom is -0.504 e. The second-order valence-electron chi connectivity index (χ2n) is 6.77. The van der Waals surface area contributed by atoms with Crippen LogP contribution in [0.25, 0.3) is 0 Å². The molecule has 2 heterocycles. The fourth-order valence-corrected chi connectivity index (χ4v) is 3.86. The Labute approximate surface area is 128 Å². The number of fused-ring (bicyclic) bond motifs is 2. The Balaban J connectivity index is 1.84. The molecule has 118 valence electrons. The van der Waals surface area contributed by atoms with Crippen LogP contribution in [0.3, 0.4) is 0 Å². The molecule has 4 rings (SSSR count). The van der Waals surface area contributed by atoms with Crippen molar-refractivity contribution in [1.29, 1.82) is 0 Å². The molecule has 6 heteroatoms. The molecule has 3 aliphatic rings. The molecule has 1 spiro atoms. The van der Waals surface area contributed by atoms with Crippen molar-refractivity contribution in [1.82, 2.24) is 4.90 Å². The van der Waals surface area contributed by atoms with Crippen LogP contribution in [0.5, 0.6) is 11.5 Å². The zero-order valence-electron chi connectivity index (χ0n) is 12.7. The Bertz CT molecular complexity index is 656. The summed E-state index contributed by atoms with van der Waals surface area (Å²) in [6.07, 6.45) is 2.35. The number of phenolic OH excluding ortho intramolecular Hbond substituents is 1. The molecule has 2 aliphatic heterocycles. The average molecular weight is 304 g/mol. The van der Waals surface area contributed by atoms with E-state index >= 15 is 0 Å². The molecular weight excluding hydrogens is 284 g/mol. The molecule has 1 saturated carbocycles. The number of aliphatic hydroxyl groups is 1. The van der Waals surface area contributed by atoms with Gasteiger partial charge in [0.1, 0.15) is 6.23 Å². The highest BCUT2D eigenvalue weighted by Crippen LogP contribution is 2.56. The molecule has 2 N–H and O–H groups in total. The van der Waals surface area contributed by atoms with E-state index < -0.39 is 6.23 Å². The molecular formula is C16H20N2O4. The third-order valence-electron chi connectivity index (χ3n) is 5.41. The number of aromatic hydroxyl groups is 1. The van der Waals surface area contributed by atoms with E-state index in [-0.39, 0.29) is 28.9 Å². The number of hydrogen-bond donors (Lipinski definition) is 2. The Morgan fingerprint density at radius 2 is 2.09 bits per heavy atom. The summed E-state index contributed by atoms with van der Waals surface area (Å²) in [5.74, 6) is 0.146. The second kappa shape index (κ2) is 4.29. The Kier molecular flexibility index (Phi) is 2.67. The number of ether oxygens (including phenoxy) is 1. The van der Waals surface area contributed by atoms with Crippen molar-refractivity contribution in [3.8, 4) is 11.5 Å². The van der Waals surface area contributed by atoms with Crippen LogP contribution in [0.15, 0.2) is 12.1 Å². The zero-order valence-corrected chi connectivity index (χ0v) is 12.7. The van der Waals surface area contributed by atoms with Crippen LogP contribution in [0.2, 0.25) is 0 Å². The van der Waals surface area contributed by atoms with Crippen LogP contribution in [-0.2, 0) is 0 Å². The highest BCUT2D eigenvalue weighted by Gasteiger charge is 2.56. The zero-order chi connectivity index (χ0) is 15.6. The first kappa shape index (κ1) is 13.7. The Morgan fingerprint density at radius 1 is 1.36 bits per heavy atom. The van der Waals surface area contributed by atoms with E-state index in [4.69, 9.17) is 4.74 Å². The Morgan fingerprint density at radius 3 is 2.73 bits per heavy atom. The molecule has 0 bridgehead atoms. The van der Waals surface area contributed by atoms with Crippen molar-refractivity contribution < 1.29 is 19.7 Å². The van der Waals surface area contributed by atoms with Crippen LogP contribution in [-0.4, -0.2) is 54.0 Å². The van der Waals surface area contributed by atoms with E-state index in [0.717, 1.165) is 19.3 Å². The van der Waals surface area contributed by atoms with Gasteiger partial charge in [-0.05, 0) is 30.7 Å². The summed E-state index contributed by atoms with van der Waals surface area (Å²) >= 11 is 0. The van der Waals surface area contributed by atoms with Gasteiger partial charge in [-0.1, -0.05) is 0 Å². The molecule has 2 fully saturated rings. The molecule has 0 aromatic heterocycles. The van der Waals surface area contributed by atoms with Crippen molar-refractivity contribution >= 4 is 11.6 Å².